The minimum atomic E-state index is -1.13. The Morgan fingerprint density at radius 1 is 1.16 bits per heavy atom. The molecule has 31 heavy (non-hydrogen) atoms. The number of hydrogen-bond acceptors (Lipinski definition) is 7. The van der Waals surface area contributed by atoms with Crippen LogP contribution < -0.4 is 4.90 Å². The number of non-ortho nitro benzene ring substituents is 1. The molecule has 4 rings (SSSR count). The summed E-state index contributed by atoms with van der Waals surface area (Å²) in [5.74, 6) is -2.56. The van der Waals surface area contributed by atoms with Gasteiger partial charge in [-0.15, -0.1) is 0 Å². The summed E-state index contributed by atoms with van der Waals surface area (Å²) in [6, 6.07) is 10.3. The molecule has 3 aromatic rings. The number of benzene rings is 2. The Bertz CT molecular complexity index is 1230. The number of nitro groups is 1. The number of aliphatic hydroxyl groups excluding tert-OH is 1. The van der Waals surface area contributed by atoms with Crippen LogP contribution in [0.2, 0.25) is 0 Å². The number of anilines is 1. The van der Waals surface area contributed by atoms with Crippen molar-refractivity contribution in [3.8, 4) is 0 Å². The number of amides is 1. The van der Waals surface area contributed by atoms with Crippen LogP contribution in [-0.2, 0) is 9.59 Å². The predicted octanol–water partition coefficient (Wildman–Crippen LogP) is 3.66. The van der Waals surface area contributed by atoms with E-state index in [4.69, 9.17) is 4.52 Å². The van der Waals surface area contributed by atoms with Gasteiger partial charge in [0.15, 0.2) is 5.82 Å². The van der Waals surface area contributed by atoms with Crippen molar-refractivity contribution in [1.29, 1.82) is 0 Å². The van der Waals surface area contributed by atoms with Crippen LogP contribution in [0.4, 0.5) is 15.9 Å². The molecule has 0 unspecified atom stereocenters. The van der Waals surface area contributed by atoms with E-state index in [0.29, 0.717) is 11.3 Å². The summed E-state index contributed by atoms with van der Waals surface area (Å²) in [7, 11) is 0. The molecule has 1 atom stereocenters. The zero-order valence-corrected chi connectivity index (χ0v) is 16.0. The van der Waals surface area contributed by atoms with Gasteiger partial charge in [-0.25, -0.2) is 4.39 Å². The maximum atomic E-state index is 13.3. The molecule has 1 saturated heterocycles. The number of rotatable bonds is 4. The molecule has 1 N–H and O–H groups in total. The molecule has 0 bridgehead atoms. The van der Waals surface area contributed by atoms with E-state index in [2.05, 4.69) is 5.16 Å². The average Bonchev–Trinajstić information content (AvgIpc) is 3.29. The van der Waals surface area contributed by atoms with Crippen LogP contribution in [0.3, 0.4) is 0 Å². The number of aromatic nitrogens is 1. The van der Waals surface area contributed by atoms with E-state index in [1.807, 2.05) is 0 Å². The molecule has 10 heteroatoms. The van der Waals surface area contributed by atoms with Gasteiger partial charge in [0, 0.05) is 23.8 Å². The zero-order chi connectivity index (χ0) is 22.3. The molecule has 0 aliphatic carbocycles. The Morgan fingerprint density at radius 2 is 1.81 bits per heavy atom. The molecule has 1 fully saturated rings. The Morgan fingerprint density at radius 3 is 2.35 bits per heavy atom. The van der Waals surface area contributed by atoms with E-state index in [-0.39, 0.29) is 22.6 Å². The van der Waals surface area contributed by atoms with Gasteiger partial charge in [-0.1, -0.05) is 5.16 Å². The summed E-state index contributed by atoms with van der Waals surface area (Å²) in [4.78, 5) is 37.2. The molecule has 0 radical (unpaired) electrons. The second-order valence-electron chi connectivity index (χ2n) is 6.82. The fraction of sp³-hybridized carbons (Fsp3) is 0.0952. The second kappa shape index (κ2) is 7.48. The lowest BCUT2D eigenvalue weighted by Gasteiger charge is -2.22. The molecule has 1 aliphatic rings. The van der Waals surface area contributed by atoms with Gasteiger partial charge in [-0.2, -0.15) is 0 Å². The van der Waals surface area contributed by atoms with Crippen LogP contribution >= 0.6 is 0 Å². The van der Waals surface area contributed by atoms with Crippen LogP contribution in [0, 0.1) is 22.9 Å². The number of Topliss-reactive ketones (excluding diaryl/α,β-unsaturated/α-hetero) is 1. The van der Waals surface area contributed by atoms with Gasteiger partial charge in [0.2, 0.25) is 0 Å². The maximum Gasteiger partial charge on any atom is 0.301 e. The lowest BCUT2D eigenvalue weighted by Crippen LogP contribution is -2.29. The van der Waals surface area contributed by atoms with Gasteiger partial charge in [0.05, 0.1) is 16.5 Å². The molecule has 0 spiro atoms. The third-order valence-electron chi connectivity index (χ3n) is 4.84. The van der Waals surface area contributed by atoms with Crippen molar-refractivity contribution < 1.29 is 28.5 Å². The normalized spacial score (nSPS) is 17.9. The van der Waals surface area contributed by atoms with Gasteiger partial charge in [0.25, 0.3) is 11.5 Å². The topological polar surface area (TPSA) is 127 Å². The number of carbonyl (C=O) groups is 2. The van der Waals surface area contributed by atoms with Crippen molar-refractivity contribution >= 4 is 29.0 Å². The molecule has 1 amide bonds. The van der Waals surface area contributed by atoms with Crippen molar-refractivity contribution in [3.05, 3.63) is 93.0 Å². The molecule has 2 aromatic carbocycles. The first-order chi connectivity index (χ1) is 14.8. The van der Waals surface area contributed by atoms with E-state index in [9.17, 15) is 29.2 Å². The fourth-order valence-corrected chi connectivity index (χ4v) is 3.39. The summed E-state index contributed by atoms with van der Waals surface area (Å²) >= 11 is 0. The van der Waals surface area contributed by atoms with Crippen LogP contribution in [0.5, 0.6) is 0 Å². The summed E-state index contributed by atoms with van der Waals surface area (Å²) in [6.45, 7) is 1.60. The highest BCUT2D eigenvalue weighted by Crippen LogP contribution is 2.42. The van der Waals surface area contributed by atoms with Crippen LogP contribution in [0.1, 0.15) is 22.9 Å². The van der Waals surface area contributed by atoms with E-state index in [1.165, 1.54) is 42.5 Å². The zero-order valence-electron chi connectivity index (χ0n) is 16.0. The number of nitro benzene ring substituents is 1. The highest BCUT2D eigenvalue weighted by molar-refractivity contribution is 6.51. The molecule has 0 saturated carbocycles. The smallest absolute Gasteiger partial charge is 0.301 e. The first kappa shape index (κ1) is 20.0. The Kier molecular flexibility index (Phi) is 4.82. The summed E-state index contributed by atoms with van der Waals surface area (Å²) in [5, 5.41) is 25.6. The van der Waals surface area contributed by atoms with Crippen LogP contribution in [-0.4, -0.2) is 26.9 Å². The number of aryl methyl sites for hydroxylation is 1. The van der Waals surface area contributed by atoms with Gasteiger partial charge >= 0.3 is 5.91 Å². The molecule has 156 valence electrons. The lowest BCUT2D eigenvalue weighted by atomic mass is 9.95. The Labute approximate surface area is 174 Å². The van der Waals surface area contributed by atoms with Crippen molar-refractivity contribution in [1.82, 2.24) is 5.16 Å². The molecular formula is C21H14FN3O6. The average molecular weight is 423 g/mol. The number of nitrogens with zero attached hydrogens (tertiary/aromatic N) is 3. The van der Waals surface area contributed by atoms with Gasteiger partial charge in [-0.05, 0) is 48.9 Å². The number of carbonyl (C=O) groups excluding carboxylic acids is 2. The number of ketones is 1. The maximum absolute atomic E-state index is 13.3. The van der Waals surface area contributed by atoms with E-state index >= 15 is 0 Å². The standard InChI is InChI=1S/C21H14FN3O6/c1-11-10-16(23-31-11)24-18(12-4-8-15(9-5-12)25(29)30)17(20(27)21(24)28)19(26)13-2-6-14(22)7-3-13/h2-10,18,26H,1H3/b19-17+/t18-/m0/s1. The summed E-state index contributed by atoms with van der Waals surface area (Å²) in [5.41, 5.74) is 0.0133. The Balaban J connectivity index is 1.92. The molecule has 1 aromatic heterocycles. The molecule has 2 heterocycles. The Hall–Kier alpha value is -4.34. The first-order valence-electron chi connectivity index (χ1n) is 9.02. The third-order valence-corrected chi connectivity index (χ3v) is 4.84. The SMILES string of the molecule is Cc1cc(N2C(=O)C(=O)/C(=C(/O)c3ccc(F)cc3)[C@@H]2c2ccc([N+](=O)[O-])cc2)no1. The minimum Gasteiger partial charge on any atom is -0.507 e. The largest absolute Gasteiger partial charge is 0.507 e. The van der Waals surface area contributed by atoms with Gasteiger partial charge in [-0.3, -0.25) is 24.6 Å². The number of aliphatic hydroxyl groups is 1. The highest BCUT2D eigenvalue weighted by Gasteiger charge is 2.48. The summed E-state index contributed by atoms with van der Waals surface area (Å²) in [6.07, 6.45) is 0. The van der Waals surface area contributed by atoms with E-state index in [1.54, 1.807) is 6.92 Å². The van der Waals surface area contributed by atoms with E-state index < -0.39 is 34.2 Å². The van der Waals surface area contributed by atoms with Gasteiger partial charge < -0.3 is 9.63 Å². The van der Waals surface area contributed by atoms with Crippen LogP contribution in [0.25, 0.3) is 5.76 Å². The third kappa shape index (κ3) is 3.44. The molecular weight excluding hydrogens is 409 g/mol. The van der Waals surface area contributed by atoms with Crippen molar-refractivity contribution in [2.75, 3.05) is 4.90 Å². The van der Waals surface area contributed by atoms with Crippen molar-refractivity contribution in [3.63, 3.8) is 0 Å². The van der Waals surface area contributed by atoms with Crippen LogP contribution in [0.15, 0.2) is 64.7 Å². The van der Waals surface area contributed by atoms with Gasteiger partial charge in [0.1, 0.15) is 17.3 Å². The van der Waals surface area contributed by atoms with Crippen molar-refractivity contribution in [2.45, 2.75) is 13.0 Å². The molecule has 1 aliphatic heterocycles. The van der Waals surface area contributed by atoms with Crippen molar-refractivity contribution in [2.24, 2.45) is 0 Å². The molecule has 9 nitrogen and oxygen atoms in total. The summed E-state index contributed by atoms with van der Waals surface area (Å²) < 4.78 is 18.3. The minimum absolute atomic E-state index is 0.0427. The van der Waals surface area contributed by atoms with E-state index in [0.717, 1.165) is 17.0 Å². The quantitative estimate of drug-likeness (QED) is 0.223. The highest BCUT2D eigenvalue weighted by atomic mass is 19.1. The number of hydrogen-bond donors (Lipinski definition) is 1. The lowest BCUT2D eigenvalue weighted by molar-refractivity contribution is -0.384. The first-order valence-corrected chi connectivity index (χ1v) is 9.02. The second-order valence-corrected chi connectivity index (χ2v) is 6.82. The monoisotopic (exact) mass is 423 g/mol. The predicted molar refractivity (Wildman–Crippen MR) is 106 cm³/mol. The number of halogens is 1. The fourth-order valence-electron chi connectivity index (χ4n) is 3.39.